The van der Waals surface area contributed by atoms with Gasteiger partial charge >= 0.3 is 5.97 Å². The van der Waals surface area contributed by atoms with Gasteiger partial charge in [0.2, 0.25) is 0 Å². The average molecular weight is 290 g/mol. The number of hydrogen-bond donors (Lipinski definition) is 0. The summed E-state index contributed by atoms with van der Waals surface area (Å²) < 4.78 is 10.0. The summed E-state index contributed by atoms with van der Waals surface area (Å²) in [5.41, 5.74) is 0. The van der Waals surface area contributed by atoms with E-state index in [9.17, 15) is 9.59 Å². The van der Waals surface area contributed by atoms with Crippen molar-refractivity contribution >= 4 is 22.8 Å². The van der Waals surface area contributed by atoms with Crippen LogP contribution in [0.3, 0.4) is 0 Å². The molecule has 0 aliphatic carbocycles. The molecule has 0 spiro atoms. The lowest BCUT2D eigenvalue weighted by molar-refractivity contribution is -0.142. The third-order valence-electron chi connectivity index (χ3n) is 2.74. The first-order valence-electron chi connectivity index (χ1n) is 6.80. The van der Waals surface area contributed by atoms with Crippen LogP contribution in [0.25, 0.3) is 0 Å². The normalized spacial score (nSPS) is 11.4. The van der Waals surface area contributed by atoms with Crippen LogP contribution in [-0.4, -0.2) is 36.7 Å². The highest BCUT2D eigenvalue weighted by Gasteiger charge is 2.26. The van der Waals surface area contributed by atoms with Gasteiger partial charge in [0.15, 0.2) is 5.12 Å². The van der Waals surface area contributed by atoms with Crippen molar-refractivity contribution in [2.24, 2.45) is 17.8 Å². The van der Waals surface area contributed by atoms with Crippen LogP contribution in [0.5, 0.6) is 0 Å². The highest BCUT2D eigenvalue weighted by atomic mass is 32.2. The highest BCUT2D eigenvalue weighted by molar-refractivity contribution is 8.14. The minimum atomic E-state index is -0.357. The van der Waals surface area contributed by atoms with Crippen LogP contribution in [-0.2, 0) is 19.1 Å². The fourth-order valence-corrected chi connectivity index (χ4v) is 3.02. The van der Waals surface area contributed by atoms with Gasteiger partial charge in [0, 0.05) is 12.5 Å². The molecule has 0 aromatic rings. The molecule has 0 aromatic heterocycles. The molecule has 4 nitrogen and oxygen atoms in total. The van der Waals surface area contributed by atoms with Crippen LogP contribution in [0.1, 0.15) is 34.6 Å². The van der Waals surface area contributed by atoms with E-state index in [1.54, 1.807) is 0 Å². The van der Waals surface area contributed by atoms with E-state index < -0.39 is 0 Å². The van der Waals surface area contributed by atoms with Crippen molar-refractivity contribution in [2.75, 3.05) is 25.6 Å². The van der Waals surface area contributed by atoms with Crippen LogP contribution < -0.4 is 0 Å². The maximum atomic E-state index is 12.0. The smallest absolute Gasteiger partial charge is 0.316 e. The Morgan fingerprint density at radius 3 is 2.11 bits per heavy atom. The Kier molecular flexibility index (Phi) is 9.97. The summed E-state index contributed by atoms with van der Waals surface area (Å²) in [5, 5.41) is 0.0757. The predicted octanol–water partition coefficient (Wildman–Crippen LogP) is 2.75. The van der Waals surface area contributed by atoms with E-state index in [0.717, 1.165) is 11.8 Å². The van der Waals surface area contributed by atoms with E-state index in [0.29, 0.717) is 13.2 Å². The van der Waals surface area contributed by atoms with Crippen molar-refractivity contribution < 1.29 is 19.1 Å². The quantitative estimate of drug-likeness (QED) is 0.483. The summed E-state index contributed by atoms with van der Waals surface area (Å²) in [5.74, 6) is 0.287. The molecule has 0 bridgehead atoms. The molecule has 0 amide bonds. The summed E-state index contributed by atoms with van der Waals surface area (Å²) in [4.78, 5) is 23.5. The molecular weight excluding hydrogens is 264 g/mol. The first-order chi connectivity index (χ1) is 8.90. The molecule has 0 unspecified atom stereocenters. The Morgan fingerprint density at radius 2 is 1.63 bits per heavy atom. The second-order valence-electron chi connectivity index (χ2n) is 5.04. The second kappa shape index (κ2) is 10.3. The van der Waals surface area contributed by atoms with Gasteiger partial charge in [-0.2, -0.15) is 0 Å². The van der Waals surface area contributed by atoms with E-state index in [4.69, 9.17) is 9.47 Å². The number of thioether (sulfide) groups is 1. The van der Waals surface area contributed by atoms with Gasteiger partial charge in [0.05, 0.1) is 12.4 Å². The fraction of sp³-hybridized carbons (Fsp3) is 0.857. The summed E-state index contributed by atoms with van der Waals surface area (Å²) in [6, 6.07) is 0. The maximum absolute atomic E-state index is 12.0. The average Bonchev–Trinajstić information content (AvgIpc) is 2.31. The van der Waals surface area contributed by atoms with Crippen molar-refractivity contribution in [3.8, 4) is 0 Å². The van der Waals surface area contributed by atoms with E-state index >= 15 is 0 Å². The molecule has 0 aromatic carbocycles. The molecule has 112 valence electrons. The molecule has 19 heavy (non-hydrogen) atoms. The van der Waals surface area contributed by atoms with Gasteiger partial charge in [0.1, 0.15) is 6.61 Å². The zero-order valence-electron chi connectivity index (χ0n) is 12.6. The zero-order chi connectivity index (χ0) is 14.8. The third-order valence-corrected chi connectivity index (χ3v) is 3.67. The Labute approximate surface area is 120 Å². The van der Waals surface area contributed by atoms with Gasteiger partial charge in [-0.15, -0.1) is 0 Å². The summed E-state index contributed by atoms with van der Waals surface area (Å²) in [6.07, 6.45) is 0. The number of rotatable bonds is 9. The van der Waals surface area contributed by atoms with Crippen LogP contribution in [0, 0.1) is 17.8 Å². The number of ether oxygens (including phenoxy) is 2. The standard InChI is InChI=1S/C14H26O4S/c1-6-17-7-8-18-12(15)9-19-14(16)13(10(2)3)11(4)5/h10-11,13H,6-9H2,1-5H3. The SMILES string of the molecule is CCOCCOC(=O)CSC(=O)C(C(C)C)C(C)C. The third kappa shape index (κ3) is 8.26. The largest absolute Gasteiger partial charge is 0.463 e. The van der Waals surface area contributed by atoms with Gasteiger partial charge in [-0.05, 0) is 18.8 Å². The molecule has 0 aliphatic heterocycles. The molecule has 0 aliphatic rings. The Balaban J connectivity index is 3.97. The van der Waals surface area contributed by atoms with Crippen molar-refractivity contribution in [1.82, 2.24) is 0 Å². The number of carbonyl (C=O) groups excluding carboxylic acids is 2. The highest BCUT2D eigenvalue weighted by Crippen LogP contribution is 2.26. The lowest BCUT2D eigenvalue weighted by atomic mass is 9.87. The molecule has 0 saturated heterocycles. The van der Waals surface area contributed by atoms with Crippen LogP contribution in [0.4, 0.5) is 0 Å². The molecule has 0 radical (unpaired) electrons. The molecule has 0 saturated carbocycles. The first-order valence-corrected chi connectivity index (χ1v) is 7.78. The fourth-order valence-electron chi connectivity index (χ4n) is 1.94. The van der Waals surface area contributed by atoms with Crippen molar-refractivity contribution in [2.45, 2.75) is 34.6 Å². The maximum Gasteiger partial charge on any atom is 0.316 e. The van der Waals surface area contributed by atoms with Gasteiger partial charge in [-0.3, -0.25) is 9.59 Å². The summed E-state index contributed by atoms with van der Waals surface area (Å²) >= 11 is 1.06. The Hall–Kier alpha value is -0.550. The van der Waals surface area contributed by atoms with Crippen molar-refractivity contribution in [1.29, 1.82) is 0 Å². The zero-order valence-corrected chi connectivity index (χ0v) is 13.4. The predicted molar refractivity (Wildman–Crippen MR) is 78.1 cm³/mol. The van der Waals surface area contributed by atoms with Crippen LogP contribution in [0.15, 0.2) is 0 Å². The molecule has 0 N–H and O–H groups in total. The lowest BCUT2D eigenvalue weighted by Crippen LogP contribution is -2.24. The number of carbonyl (C=O) groups is 2. The molecule has 0 atom stereocenters. The molecular formula is C14H26O4S. The monoisotopic (exact) mass is 290 g/mol. The van der Waals surface area contributed by atoms with Crippen LogP contribution >= 0.6 is 11.8 Å². The van der Waals surface area contributed by atoms with Crippen LogP contribution in [0.2, 0.25) is 0 Å². The van der Waals surface area contributed by atoms with Crippen molar-refractivity contribution in [3.63, 3.8) is 0 Å². The minimum absolute atomic E-state index is 0.0128. The first kappa shape index (κ1) is 18.4. The molecule has 0 rings (SSSR count). The van der Waals surface area contributed by atoms with Crippen molar-refractivity contribution in [3.05, 3.63) is 0 Å². The lowest BCUT2D eigenvalue weighted by Gasteiger charge is -2.22. The van der Waals surface area contributed by atoms with Gasteiger partial charge in [-0.25, -0.2) is 0 Å². The van der Waals surface area contributed by atoms with Gasteiger partial charge < -0.3 is 9.47 Å². The molecule has 0 fully saturated rings. The summed E-state index contributed by atoms with van der Waals surface area (Å²) in [7, 11) is 0. The Morgan fingerprint density at radius 1 is 1.05 bits per heavy atom. The summed E-state index contributed by atoms with van der Waals surface area (Å²) in [6.45, 7) is 11.3. The molecule has 0 heterocycles. The molecule has 5 heteroatoms. The van der Waals surface area contributed by atoms with E-state index in [1.807, 2.05) is 34.6 Å². The minimum Gasteiger partial charge on any atom is -0.463 e. The second-order valence-corrected chi connectivity index (χ2v) is 6.02. The number of hydrogen-bond acceptors (Lipinski definition) is 5. The topological polar surface area (TPSA) is 52.6 Å². The number of esters is 1. The van der Waals surface area contributed by atoms with Gasteiger partial charge in [0.25, 0.3) is 0 Å². The van der Waals surface area contributed by atoms with Gasteiger partial charge in [-0.1, -0.05) is 39.5 Å². The van der Waals surface area contributed by atoms with E-state index in [-0.39, 0.29) is 41.2 Å². The Bertz CT molecular complexity index is 269. The van der Waals surface area contributed by atoms with E-state index in [1.165, 1.54) is 0 Å². The van der Waals surface area contributed by atoms with E-state index in [2.05, 4.69) is 0 Å².